The first-order valence-corrected chi connectivity index (χ1v) is 4.30. The van der Waals surface area contributed by atoms with Crippen molar-refractivity contribution in [2.45, 2.75) is 0 Å². The van der Waals surface area contributed by atoms with Crippen LogP contribution < -0.4 is 11.3 Å². The fourth-order valence-corrected chi connectivity index (χ4v) is 1.13. The second kappa shape index (κ2) is 3.89. The van der Waals surface area contributed by atoms with E-state index in [2.05, 4.69) is 10.2 Å². The molecule has 0 bridgehead atoms. The van der Waals surface area contributed by atoms with Crippen molar-refractivity contribution in [3.8, 4) is 5.69 Å². The number of hydrazine groups is 1. The largest absolute Gasteiger partial charge is 0.289 e. The summed E-state index contributed by atoms with van der Waals surface area (Å²) in [6, 6.07) is 9.29. The van der Waals surface area contributed by atoms with Crippen molar-refractivity contribution in [2.75, 3.05) is 0 Å². The fourth-order valence-electron chi connectivity index (χ4n) is 1.13. The summed E-state index contributed by atoms with van der Waals surface area (Å²) in [6.45, 7) is 0. The number of rotatable bonds is 2. The molecule has 15 heavy (non-hydrogen) atoms. The van der Waals surface area contributed by atoms with Crippen LogP contribution >= 0.6 is 0 Å². The number of carbonyl (C=O) groups is 1. The molecule has 76 valence electrons. The lowest BCUT2D eigenvalue weighted by atomic mass is 10.3. The molecule has 0 saturated carbocycles. The van der Waals surface area contributed by atoms with Gasteiger partial charge in [0.15, 0.2) is 5.69 Å². The summed E-state index contributed by atoms with van der Waals surface area (Å²) in [5.74, 6) is 4.51. The van der Waals surface area contributed by atoms with Crippen LogP contribution in [-0.2, 0) is 0 Å². The predicted molar refractivity (Wildman–Crippen MR) is 53.0 cm³/mol. The number of aromatic nitrogens is 3. The molecule has 0 atom stereocenters. The Balaban J connectivity index is 2.32. The normalized spacial score (nSPS) is 9.93. The number of amides is 1. The Labute approximate surface area is 85.7 Å². The van der Waals surface area contributed by atoms with E-state index in [1.807, 2.05) is 35.8 Å². The number of nitrogens with one attached hydrogen (secondary N) is 1. The minimum atomic E-state index is -0.461. The minimum absolute atomic E-state index is 0.182. The van der Waals surface area contributed by atoms with E-state index in [-0.39, 0.29) is 5.69 Å². The van der Waals surface area contributed by atoms with Gasteiger partial charge < -0.3 is 0 Å². The number of nitrogens with zero attached hydrogens (tertiary/aromatic N) is 3. The number of hydrogen-bond donors (Lipinski definition) is 2. The van der Waals surface area contributed by atoms with E-state index in [0.717, 1.165) is 5.69 Å². The van der Waals surface area contributed by atoms with Crippen LogP contribution in [0.15, 0.2) is 36.5 Å². The maximum absolute atomic E-state index is 11.1. The van der Waals surface area contributed by atoms with E-state index in [4.69, 9.17) is 5.84 Å². The number of nitrogen functional groups attached to an aromatic ring is 1. The molecule has 0 radical (unpaired) electrons. The zero-order chi connectivity index (χ0) is 10.7. The van der Waals surface area contributed by atoms with Crippen molar-refractivity contribution in [1.82, 2.24) is 20.4 Å². The van der Waals surface area contributed by atoms with Gasteiger partial charge in [0.25, 0.3) is 5.91 Å². The van der Waals surface area contributed by atoms with Gasteiger partial charge in [0.05, 0.1) is 11.9 Å². The molecule has 0 fully saturated rings. The number of para-hydroxylation sites is 1. The first-order valence-electron chi connectivity index (χ1n) is 4.30. The number of hydrogen-bond acceptors (Lipinski definition) is 4. The summed E-state index contributed by atoms with van der Waals surface area (Å²) in [4.78, 5) is 12.5. The van der Waals surface area contributed by atoms with Crippen LogP contribution in [0.2, 0.25) is 0 Å². The third kappa shape index (κ3) is 1.84. The molecule has 0 aliphatic rings. The monoisotopic (exact) mass is 203 g/mol. The van der Waals surface area contributed by atoms with Gasteiger partial charge in [0.2, 0.25) is 0 Å². The number of nitrogens with two attached hydrogens (primary N) is 1. The Bertz CT molecular complexity index is 464. The first kappa shape index (κ1) is 9.35. The topological polar surface area (TPSA) is 85.8 Å². The Morgan fingerprint density at radius 2 is 2.07 bits per heavy atom. The molecule has 0 aliphatic heterocycles. The third-order valence-electron chi connectivity index (χ3n) is 1.84. The van der Waals surface area contributed by atoms with Crippen LogP contribution in [0.5, 0.6) is 0 Å². The van der Waals surface area contributed by atoms with Crippen molar-refractivity contribution in [3.05, 3.63) is 42.2 Å². The van der Waals surface area contributed by atoms with Gasteiger partial charge in [-0.2, -0.15) is 9.90 Å². The number of carbonyl (C=O) groups excluding carboxylic acids is 1. The minimum Gasteiger partial charge on any atom is -0.289 e. The summed E-state index contributed by atoms with van der Waals surface area (Å²) in [6.07, 6.45) is 1.36. The maximum atomic E-state index is 11.1. The summed E-state index contributed by atoms with van der Waals surface area (Å²) in [5, 5.41) is 7.91. The third-order valence-corrected chi connectivity index (χ3v) is 1.84. The Hall–Kier alpha value is -2.21. The second-order valence-corrected chi connectivity index (χ2v) is 2.83. The molecule has 0 aliphatic carbocycles. The Morgan fingerprint density at radius 3 is 2.73 bits per heavy atom. The molecule has 2 aromatic rings. The van der Waals surface area contributed by atoms with Crippen LogP contribution in [-0.4, -0.2) is 20.9 Å². The van der Waals surface area contributed by atoms with E-state index in [1.165, 1.54) is 11.0 Å². The molecule has 0 spiro atoms. The highest BCUT2D eigenvalue weighted by Gasteiger charge is 2.08. The zero-order valence-corrected chi connectivity index (χ0v) is 7.79. The molecule has 2 rings (SSSR count). The van der Waals surface area contributed by atoms with Crippen LogP contribution in [0.4, 0.5) is 0 Å². The van der Waals surface area contributed by atoms with Crippen molar-refractivity contribution >= 4 is 5.91 Å². The van der Waals surface area contributed by atoms with Crippen LogP contribution in [0.25, 0.3) is 5.69 Å². The lowest BCUT2D eigenvalue weighted by Gasteiger charge is -1.97. The lowest BCUT2D eigenvalue weighted by Crippen LogP contribution is -2.30. The summed E-state index contributed by atoms with van der Waals surface area (Å²) in [7, 11) is 0. The van der Waals surface area contributed by atoms with E-state index >= 15 is 0 Å². The van der Waals surface area contributed by atoms with Gasteiger partial charge in [0.1, 0.15) is 0 Å². The average Bonchev–Trinajstić information content (AvgIpc) is 2.78. The first-order chi connectivity index (χ1) is 7.31. The van der Waals surface area contributed by atoms with Crippen molar-refractivity contribution < 1.29 is 4.79 Å². The molecular weight excluding hydrogens is 194 g/mol. The van der Waals surface area contributed by atoms with E-state index < -0.39 is 5.91 Å². The smallest absolute Gasteiger partial charge is 0.287 e. The van der Waals surface area contributed by atoms with Gasteiger partial charge in [0, 0.05) is 0 Å². The maximum Gasteiger partial charge on any atom is 0.287 e. The molecule has 1 heterocycles. The molecule has 3 N–H and O–H groups in total. The fraction of sp³-hybridized carbons (Fsp3) is 0. The predicted octanol–water partition coefficient (Wildman–Crippen LogP) is -0.129. The standard InChI is InChI=1S/C9H9N5O/c10-12-9(15)8-6-11-14(13-8)7-4-2-1-3-5-7/h1-6H,10H2,(H,12,15). The zero-order valence-electron chi connectivity index (χ0n) is 7.79. The van der Waals surface area contributed by atoms with Gasteiger partial charge in [-0.3, -0.25) is 10.2 Å². The van der Waals surface area contributed by atoms with Crippen LogP contribution in [0.3, 0.4) is 0 Å². The Morgan fingerprint density at radius 1 is 1.33 bits per heavy atom. The summed E-state index contributed by atoms with van der Waals surface area (Å²) < 4.78 is 0. The molecule has 0 unspecified atom stereocenters. The molecule has 1 aromatic carbocycles. The van der Waals surface area contributed by atoms with Gasteiger partial charge >= 0.3 is 0 Å². The molecule has 1 amide bonds. The van der Waals surface area contributed by atoms with E-state index in [1.54, 1.807) is 0 Å². The van der Waals surface area contributed by atoms with Gasteiger partial charge in [-0.05, 0) is 12.1 Å². The highest BCUT2D eigenvalue weighted by molar-refractivity contribution is 5.91. The van der Waals surface area contributed by atoms with Gasteiger partial charge in [-0.1, -0.05) is 18.2 Å². The quantitative estimate of drug-likeness (QED) is 0.404. The highest BCUT2D eigenvalue weighted by atomic mass is 16.2. The summed E-state index contributed by atoms with van der Waals surface area (Å²) in [5.41, 5.74) is 2.96. The van der Waals surface area contributed by atoms with E-state index in [9.17, 15) is 4.79 Å². The van der Waals surface area contributed by atoms with Gasteiger partial charge in [-0.25, -0.2) is 5.84 Å². The van der Waals surface area contributed by atoms with Crippen LogP contribution in [0.1, 0.15) is 10.5 Å². The molecule has 0 saturated heterocycles. The van der Waals surface area contributed by atoms with Crippen molar-refractivity contribution in [2.24, 2.45) is 5.84 Å². The molecular formula is C9H9N5O. The Kier molecular flexibility index (Phi) is 2.42. The molecule has 6 nitrogen and oxygen atoms in total. The average molecular weight is 203 g/mol. The van der Waals surface area contributed by atoms with Crippen LogP contribution in [0, 0.1) is 0 Å². The van der Waals surface area contributed by atoms with Crippen molar-refractivity contribution in [1.29, 1.82) is 0 Å². The van der Waals surface area contributed by atoms with E-state index in [0.29, 0.717) is 0 Å². The second-order valence-electron chi connectivity index (χ2n) is 2.83. The SMILES string of the molecule is NNC(=O)c1cnn(-c2ccccc2)n1. The number of benzene rings is 1. The van der Waals surface area contributed by atoms with Gasteiger partial charge in [-0.15, -0.1) is 5.10 Å². The highest BCUT2D eigenvalue weighted by Crippen LogP contribution is 2.03. The molecule has 6 heteroatoms. The molecule has 1 aromatic heterocycles. The summed E-state index contributed by atoms with van der Waals surface area (Å²) >= 11 is 0. The lowest BCUT2D eigenvalue weighted by molar-refractivity contribution is 0.0948. The van der Waals surface area contributed by atoms with Crippen molar-refractivity contribution in [3.63, 3.8) is 0 Å².